The number of amides is 1. The molecule has 1 atom stereocenters. The van der Waals surface area contributed by atoms with Gasteiger partial charge in [-0.15, -0.1) is 0 Å². The predicted octanol–water partition coefficient (Wildman–Crippen LogP) is 6.56. The van der Waals surface area contributed by atoms with Crippen LogP contribution in [-0.4, -0.2) is 44.4 Å². The Bertz CT molecular complexity index is 1170. The molecule has 1 heterocycles. The monoisotopic (exact) mass is 544 g/mol. The van der Waals surface area contributed by atoms with Crippen LogP contribution in [0.25, 0.3) is 0 Å². The van der Waals surface area contributed by atoms with Gasteiger partial charge in [0, 0.05) is 30.3 Å². The second-order valence-corrected chi connectivity index (χ2v) is 11.4. The van der Waals surface area contributed by atoms with Crippen molar-refractivity contribution >= 4 is 33.2 Å². The minimum atomic E-state index is -4.99. The highest BCUT2D eigenvalue weighted by atomic mass is 35.5. The van der Waals surface area contributed by atoms with Gasteiger partial charge in [0.1, 0.15) is 0 Å². The first-order chi connectivity index (χ1) is 17.0. The lowest BCUT2D eigenvalue weighted by Crippen LogP contribution is -2.44. The highest BCUT2D eigenvalue weighted by Crippen LogP contribution is 2.34. The molecule has 0 fully saturated rings. The molecule has 0 saturated heterocycles. The molecule has 0 radical (unpaired) electrons. The van der Waals surface area contributed by atoms with Crippen LogP contribution in [0.2, 0.25) is 5.02 Å². The fraction of sp³-hybridized carbons (Fsp3) is 0.500. The number of alkyl halides is 3. The lowest BCUT2D eigenvalue weighted by atomic mass is 9.92. The van der Waals surface area contributed by atoms with E-state index in [0.29, 0.717) is 54.3 Å². The molecule has 198 valence electrons. The number of fused-ring (bicyclic) bond motifs is 1. The molecule has 0 aliphatic carbocycles. The van der Waals surface area contributed by atoms with Gasteiger partial charge in [-0.3, -0.25) is 4.79 Å². The number of halogens is 4. The quantitative estimate of drug-likeness (QED) is 0.340. The summed E-state index contributed by atoms with van der Waals surface area (Å²) in [5.41, 5.74) is 1.68. The van der Waals surface area contributed by atoms with E-state index in [2.05, 4.69) is 6.92 Å². The molecule has 1 aliphatic heterocycles. The van der Waals surface area contributed by atoms with Gasteiger partial charge in [0.15, 0.2) is 0 Å². The summed E-state index contributed by atoms with van der Waals surface area (Å²) in [5.74, 6) is -1.67. The minimum absolute atomic E-state index is 0.0397. The van der Waals surface area contributed by atoms with Crippen LogP contribution in [0.3, 0.4) is 0 Å². The smallest absolute Gasteiger partial charge is 0.304 e. The number of hydrogen-bond donors (Lipinski definition) is 0. The van der Waals surface area contributed by atoms with E-state index in [1.54, 1.807) is 0 Å². The molecule has 0 N–H and O–H groups in total. The first-order valence-corrected chi connectivity index (χ1v) is 14.1. The van der Waals surface area contributed by atoms with Gasteiger partial charge in [-0.2, -0.15) is 17.5 Å². The van der Waals surface area contributed by atoms with Crippen molar-refractivity contribution < 1.29 is 26.4 Å². The summed E-state index contributed by atoms with van der Waals surface area (Å²) < 4.78 is 67.5. The van der Waals surface area contributed by atoms with Gasteiger partial charge in [-0.1, -0.05) is 37.6 Å². The van der Waals surface area contributed by atoms with Crippen LogP contribution < -0.4 is 4.90 Å². The standard InChI is InChI=1S/C26H32ClF3N2O3S/c1-3-14-31(15-6-9-19(4-2)20-8-5-11-22(27)17-20)36(34,35)23-12-13-24-21(18-23)10-7-16-32(24)25(33)26(28,29)30/h5,8,11-13,17-19H,3-4,6-7,9-10,14-16H2,1-2H3. The lowest BCUT2D eigenvalue weighted by Gasteiger charge is -2.31. The number of carbonyl (C=O) groups excluding carboxylic acids is 1. The van der Waals surface area contributed by atoms with E-state index in [1.807, 2.05) is 31.2 Å². The van der Waals surface area contributed by atoms with Crippen LogP contribution in [0, 0.1) is 0 Å². The second kappa shape index (κ2) is 12.0. The van der Waals surface area contributed by atoms with Gasteiger partial charge in [-0.05, 0) is 85.9 Å². The molecule has 2 aromatic carbocycles. The van der Waals surface area contributed by atoms with Gasteiger partial charge in [-0.25, -0.2) is 8.42 Å². The largest absolute Gasteiger partial charge is 0.471 e. The average Bonchev–Trinajstić information content (AvgIpc) is 2.84. The van der Waals surface area contributed by atoms with E-state index in [4.69, 9.17) is 11.6 Å². The molecule has 0 spiro atoms. The van der Waals surface area contributed by atoms with Crippen LogP contribution in [0.4, 0.5) is 18.9 Å². The molecular formula is C26H32ClF3N2O3S. The summed E-state index contributed by atoms with van der Waals surface area (Å²) in [6.07, 6.45) is -1.26. The number of benzene rings is 2. The third-order valence-electron chi connectivity index (χ3n) is 6.54. The van der Waals surface area contributed by atoms with Gasteiger partial charge in [0.05, 0.1) is 4.90 Å². The van der Waals surface area contributed by atoms with Crippen molar-refractivity contribution in [2.24, 2.45) is 0 Å². The number of rotatable bonds is 10. The van der Waals surface area contributed by atoms with Crippen LogP contribution in [0.1, 0.15) is 63.0 Å². The van der Waals surface area contributed by atoms with E-state index >= 15 is 0 Å². The van der Waals surface area contributed by atoms with Gasteiger partial charge >= 0.3 is 12.1 Å². The Labute approximate surface area is 216 Å². The normalized spacial score (nSPS) is 15.1. The fourth-order valence-electron chi connectivity index (χ4n) is 4.73. The summed E-state index contributed by atoms with van der Waals surface area (Å²) >= 11 is 6.13. The highest BCUT2D eigenvalue weighted by Gasteiger charge is 2.44. The van der Waals surface area contributed by atoms with Gasteiger partial charge in [0.2, 0.25) is 10.0 Å². The van der Waals surface area contributed by atoms with Gasteiger partial charge < -0.3 is 4.90 Å². The van der Waals surface area contributed by atoms with Crippen molar-refractivity contribution in [3.05, 3.63) is 58.6 Å². The predicted molar refractivity (Wildman–Crippen MR) is 136 cm³/mol. The van der Waals surface area contributed by atoms with E-state index in [0.717, 1.165) is 18.4 Å². The zero-order valence-electron chi connectivity index (χ0n) is 20.5. The molecular weight excluding hydrogens is 513 g/mol. The maximum Gasteiger partial charge on any atom is 0.471 e. The summed E-state index contributed by atoms with van der Waals surface area (Å²) in [7, 11) is -3.85. The molecule has 5 nitrogen and oxygen atoms in total. The number of anilines is 1. The Morgan fingerprint density at radius 1 is 1.14 bits per heavy atom. The second-order valence-electron chi connectivity index (χ2n) is 9.06. The molecule has 0 aromatic heterocycles. The van der Waals surface area contributed by atoms with Crippen molar-refractivity contribution in [3.8, 4) is 0 Å². The van der Waals surface area contributed by atoms with Crippen molar-refractivity contribution in [2.45, 2.75) is 69.4 Å². The Hall–Kier alpha value is -2.10. The molecule has 36 heavy (non-hydrogen) atoms. The Morgan fingerprint density at radius 2 is 1.89 bits per heavy atom. The Kier molecular flexibility index (Phi) is 9.46. The van der Waals surface area contributed by atoms with E-state index in [-0.39, 0.29) is 23.0 Å². The minimum Gasteiger partial charge on any atom is -0.304 e. The molecule has 1 amide bonds. The molecule has 1 unspecified atom stereocenters. The molecule has 2 aromatic rings. The highest BCUT2D eigenvalue weighted by molar-refractivity contribution is 7.89. The summed E-state index contributed by atoms with van der Waals surface area (Å²) in [6, 6.07) is 11.7. The number of aryl methyl sites for hydroxylation is 1. The van der Waals surface area contributed by atoms with Crippen molar-refractivity contribution in [1.82, 2.24) is 4.31 Å². The Morgan fingerprint density at radius 3 is 2.53 bits per heavy atom. The third kappa shape index (κ3) is 6.61. The van der Waals surface area contributed by atoms with E-state index in [1.165, 1.54) is 22.5 Å². The van der Waals surface area contributed by atoms with Crippen molar-refractivity contribution in [2.75, 3.05) is 24.5 Å². The number of hydrogen-bond acceptors (Lipinski definition) is 3. The summed E-state index contributed by atoms with van der Waals surface area (Å²) in [6.45, 7) is 4.61. The van der Waals surface area contributed by atoms with Crippen LogP contribution in [0.5, 0.6) is 0 Å². The maximum absolute atomic E-state index is 13.5. The molecule has 1 aliphatic rings. The zero-order chi connectivity index (χ0) is 26.5. The first kappa shape index (κ1) is 28.5. The van der Waals surface area contributed by atoms with Crippen molar-refractivity contribution in [1.29, 1.82) is 0 Å². The van der Waals surface area contributed by atoms with Crippen LogP contribution in [0.15, 0.2) is 47.4 Å². The first-order valence-electron chi connectivity index (χ1n) is 12.3. The molecule has 0 bridgehead atoms. The van der Waals surface area contributed by atoms with Crippen molar-refractivity contribution in [3.63, 3.8) is 0 Å². The number of sulfonamides is 1. The fourth-order valence-corrected chi connectivity index (χ4v) is 6.55. The summed E-state index contributed by atoms with van der Waals surface area (Å²) in [5, 5.41) is 0.670. The maximum atomic E-state index is 13.5. The van der Waals surface area contributed by atoms with Crippen LogP contribution >= 0.6 is 11.6 Å². The Balaban J connectivity index is 1.77. The molecule has 0 saturated carbocycles. The topological polar surface area (TPSA) is 57.7 Å². The van der Waals surface area contributed by atoms with E-state index < -0.39 is 22.1 Å². The lowest BCUT2D eigenvalue weighted by molar-refractivity contribution is -0.170. The number of nitrogens with zero attached hydrogens (tertiary/aromatic N) is 2. The average molecular weight is 545 g/mol. The third-order valence-corrected chi connectivity index (χ3v) is 8.67. The van der Waals surface area contributed by atoms with E-state index in [9.17, 15) is 26.4 Å². The molecule has 10 heteroatoms. The zero-order valence-corrected chi connectivity index (χ0v) is 22.1. The van der Waals surface area contributed by atoms with Gasteiger partial charge in [0.25, 0.3) is 0 Å². The number of carbonyl (C=O) groups is 1. The van der Waals surface area contributed by atoms with Crippen LogP contribution in [-0.2, 0) is 21.2 Å². The summed E-state index contributed by atoms with van der Waals surface area (Å²) in [4.78, 5) is 12.6. The molecule has 3 rings (SSSR count). The SMILES string of the molecule is CCCN(CCCC(CC)c1cccc(Cl)c1)S(=O)(=O)c1ccc2c(c1)CCCN2C(=O)C(F)(F)F.